The van der Waals surface area contributed by atoms with E-state index in [1.54, 1.807) is 24.3 Å². The molecule has 0 aliphatic carbocycles. The van der Waals surface area contributed by atoms with Gasteiger partial charge in [0.15, 0.2) is 0 Å². The van der Waals surface area contributed by atoms with E-state index in [4.69, 9.17) is 0 Å². The van der Waals surface area contributed by atoms with Gasteiger partial charge in [-0.1, -0.05) is 56.3 Å². The highest BCUT2D eigenvalue weighted by Crippen LogP contribution is 2.24. The smallest absolute Gasteiger partial charge is 0.243 e. The number of nitrogens with one attached hydrogen (secondary N) is 1. The molecule has 1 heterocycles. The van der Waals surface area contributed by atoms with Crippen molar-refractivity contribution in [2.75, 3.05) is 19.6 Å². The van der Waals surface area contributed by atoms with Crippen LogP contribution < -0.4 is 5.32 Å². The van der Waals surface area contributed by atoms with Crippen LogP contribution in [0.3, 0.4) is 0 Å². The van der Waals surface area contributed by atoms with Crippen LogP contribution in [0.15, 0.2) is 59.5 Å². The standard InChI is InChI=1S/C23H29N3O4S/c1-17(2)20-9-11-21(12-10-20)31(29,30)26-14-13-25(18(3)27)16-22(26)23(28)24-15-19-7-5-4-6-8-19/h4-12,17,22H,13-16H2,1-3H3,(H,24,28). The van der Waals surface area contributed by atoms with E-state index in [9.17, 15) is 18.0 Å². The minimum absolute atomic E-state index is 0.0270. The summed E-state index contributed by atoms with van der Waals surface area (Å²) in [5.74, 6) is -0.316. The molecule has 3 rings (SSSR count). The number of nitrogens with zero attached hydrogens (tertiary/aromatic N) is 2. The molecule has 2 aromatic carbocycles. The fraction of sp³-hybridized carbons (Fsp3) is 0.391. The molecular weight excluding hydrogens is 414 g/mol. The third-order valence-corrected chi connectivity index (χ3v) is 7.46. The van der Waals surface area contributed by atoms with Gasteiger partial charge in [0.25, 0.3) is 0 Å². The molecule has 1 unspecified atom stereocenters. The molecule has 1 aliphatic heterocycles. The molecule has 0 radical (unpaired) electrons. The van der Waals surface area contributed by atoms with E-state index in [1.165, 1.54) is 16.1 Å². The lowest BCUT2D eigenvalue weighted by molar-refractivity contribution is -0.134. The molecule has 0 spiro atoms. The summed E-state index contributed by atoms with van der Waals surface area (Å²) in [6.45, 7) is 6.13. The Hall–Kier alpha value is -2.71. The van der Waals surface area contributed by atoms with E-state index in [2.05, 4.69) is 5.32 Å². The summed E-state index contributed by atoms with van der Waals surface area (Å²) in [4.78, 5) is 26.6. The first-order valence-corrected chi connectivity index (χ1v) is 11.8. The summed E-state index contributed by atoms with van der Waals surface area (Å²) < 4.78 is 28.0. The van der Waals surface area contributed by atoms with Crippen molar-refractivity contribution in [1.29, 1.82) is 0 Å². The fourth-order valence-electron chi connectivity index (χ4n) is 3.62. The third kappa shape index (κ3) is 5.32. The molecule has 31 heavy (non-hydrogen) atoms. The number of carbonyl (C=O) groups excluding carboxylic acids is 2. The Morgan fingerprint density at radius 3 is 2.26 bits per heavy atom. The molecule has 8 heteroatoms. The van der Waals surface area contributed by atoms with E-state index < -0.39 is 22.0 Å². The average molecular weight is 444 g/mol. The Kier molecular flexibility index (Phi) is 7.12. The van der Waals surface area contributed by atoms with Crippen molar-refractivity contribution in [3.63, 3.8) is 0 Å². The van der Waals surface area contributed by atoms with Crippen LogP contribution in [0.5, 0.6) is 0 Å². The van der Waals surface area contributed by atoms with Crippen LogP contribution in [0.1, 0.15) is 37.8 Å². The topological polar surface area (TPSA) is 86.8 Å². The van der Waals surface area contributed by atoms with Crippen molar-refractivity contribution >= 4 is 21.8 Å². The molecular formula is C23H29N3O4S. The molecule has 2 amide bonds. The quantitative estimate of drug-likeness (QED) is 0.743. The summed E-state index contributed by atoms with van der Waals surface area (Å²) in [5, 5.41) is 2.82. The van der Waals surface area contributed by atoms with E-state index >= 15 is 0 Å². The van der Waals surface area contributed by atoms with Gasteiger partial charge in [-0.15, -0.1) is 0 Å². The van der Waals surface area contributed by atoms with Gasteiger partial charge in [-0.25, -0.2) is 8.42 Å². The average Bonchev–Trinajstić information content (AvgIpc) is 2.77. The molecule has 1 N–H and O–H groups in total. The first-order chi connectivity index (χ1) is 14.7. The zero-order valence-corrected chi connectivity index (χ0v) is 18.9. The van der Waals surface area contributed by atoms with Gasteiger partial charge in [0.2, 0.25) is 21.8 Å². The van der Waals surface area contributed by atoms with Crippen molar-refractivity contribution in [2.45, 2.75) is 44.2 Å². The van der Waals surface area contributed by atoms with Crippen LogP contribution >= 0.6 is 0 Å². The van der Waals surface area contributed by atoms with Crippen LogP contribution in [0.25, 0.3) is 0 Å². The van der Waals surface area contributed by atoms with Crippen molar-refractivity contribution in [2.24, 2.45) is 0 Å². The van der Waals surface area contributed by atoms with Gasteiger partial charge in [-0.2, -0.15) is 4.31 Å². The number of hydrogen-bond acceptors (Lipinski definition) is 4. The SMILES string of the molecule is CC(=O)N1CCN(S(=O)(=O)c2ccc(C(C)C)cc2)C(C(=O)NCc2ccccc2)C1. The van der Waals surface area contributed by atoms with Crippen LogP contribution in [-0.4, -0.2) is 55.1 Å². The van der Waals surface area contributed by atoms with Crippen molar-refractivity contribution in [3.8, 4) is 0 Å². The van der Waals surface area contributed by atoms with Crippen LogP contribution in [0.2, 0.25) is 0 Å². The fourth-order valence-corrected chi connectivity index (χ4v) is 5.19. The molecule has 1 fully saturated rings. The Balaban J connectivity index is 1.84. The molecule has 0 aromatic heterocycles. The Morgan fingerprint density at radius 2 is 1.68 bits per heavy atom. The zero-order chi connectivity index (χ0) is 22.6. The Labute approximate surface area is 184 Å². The van der Waals surface area contributed by atoms with Gasteiger partial charge in [-0.3, -0.25) is 9.59 Å². The van der Waals surface area contributed by atoms with Gasteiger partial charge in [0, 0.05) is 33.1 Å². The van der Waals surface area contributed by atoms with Gasteiger partial charge in [0.05, 0.1) is 4.90 Å². The molecule has 2 aromatic rings. The molecule has 1 atom stereocenters. The van der Waals surface area contributed by atoms with Gasteiger partial charge >= 0.3 is 0 Å². The number of piperazine rings is 1. The van der Waals surface area contributed by atoms with Crippen molar-refractivity contribution in [3.05, 3.63) is 65.7 Å². The summed E-state index contributed by atoms with van der Waals surface area (Å²) in [6, 6.07) is 15.2. The molecule has 0 bridgehead atoms. The lowest BCUT2D eigenvalue weighted by atomic mass is 10.0. The van der Waals surface area contributed by atoms with E-state index in [-0.39, 0.29) is 42.9 Å². The van der Waals surface area contributed by atoms with Crippen LogP contribution in [0.4, 0.5) is 0 Å². The van der Waals surface area contributed by atoms with Crippen molar-refractivity contribution in [1.82, 2.24) is 14.5 Å². The Morgan fingerprint density at radius 1 is 1.03 bits per heavy atom. The predicted octanol–water partition coefficient (Wildman–Crippen LogP) is 2.35. The van der Waals surface area contributed by atoms with Crippen molar-refractivity contribution < 1.29 is 18.0 Å². The maximum absolute atomic E-state index is 13.4. The van der Waals surface area contributed by atoms with E-state index in [1.807, 2.05) is 44.2 Å². The molecule has 1 aliphatic rings. The molecule has 1 saturated heterocycles. The Bertz CT molecular complexity index is 1020. The number of rotatable bonds is 6. The normalized spacial score (nSPS) is 17.5. The number of sulfonamides is 1. The maximum atomic E-state index is 13.4. The number of benzene rings is 2. The molecule has 166 valence electrons. The number of amides is 2. The highest BCUT2D eigenvalue weighted by Gasteiger charge is 2.40. The lowest BCUT2D eigenvalue weighted by Gasteiger charge is -2.39. The summed E-state index contributed by atoms with van der Waals surface area (Å²) in [7, 11) is -3.90. The van der Waals surface area contributed by atoms with Crippen LogP contribution in [0, 0.1) is 0 Å². The largest absolute Gasteiger partial charge is 0.351 e. The maximum Gasteiger partial charge on any atom is 0.243 e. The second-order valence-corrected chi connectivity index (χ2v) is 9.91. The molecule has 7 nitrogen and oxygen atoms in total. The van der Waals surface area contributed by atoms with Gasteiger partial charge in [0.1, 0.15) is 6.04 Å². The monoisotopic (exact) mass is 443 g/mol. The number of carbonyl (C=O) groups is 2. The number of hydrogen-bond donors (Lipinski definition) is 1. The lowest BCUT2D eigenvalue weighted by Crippen LogP contribution is -2.61. The molecule has 0 saturated carbocycles. The van der Waals surface area contributed by atoms with Gasteiger partial charge < -0.3 is 10.2 Å². The van der Waals surface area contributed by atoms with Gasteiger partial charge in [-0.05, 0) is 29.2 Å². The second kappa shape index (κ2) is 9.62. The highest BCUT2D eigenvalue weighted by molar-refractivity contribution is 7.89. The summed E-state index contributed by atoms with van der Waals surface area (Å²) in [6.07, 6.45) is 0. The first-order valence-electron chi connectivity index (χ1n) is 10.4. The van der Waals surface area contributed by atoms with Crippen LogP contribution in [-0.2, 0) is 26.2 Å². The summed E-state index contributed by atoms with van der Waals surface area (Å²) >= 11 is 0. The minimum Gasteiger partial charge on any atom is -0.351 e. The minimum atomic E-state index is -3.90. The predicted molar refractivity (Wildman–Crippen MR) is 119 cm³/mol. The van der Waals surface area contributed by atoms with E-state index in [0.29, 0.717) is 0 Å². The zero-order valence-electron chi connectivity index (χ0n) is 18.1. The van der Waals surface area contributed by atoms with E-state index in [0.717, 1.165) is 11.1 Å². The summed E-state index contributed by atoms with van der Waals surface area (Å²) in [5.41, 5.74) is 1.95. The first kappa shape index (κ1) is 23.0. The second-order valence-electron chi connectivity index (χ2n) is 8.02. The third-order valence-electron chi connectivity index (χ3n) is 5.54. The highest BCUT2D eigenvalue weighted by atomic mass is 32.2.